The van der Waals surface area contributed by atoms with Crippen LogP contribution in [0.25, 0.3) is 0 Å². The molecule has 3 N–H and O–H groups in total. The Morgan fingerprint density at radius 2 is 2.15 bits per heavy atom. The van der Waals surface area contributed by atoms with E-state index in [1.807, 2.05) is 17.0 Å². The summed E-state index contributed by atoms with van der Waals surface area (Å²) in [4.78, 5) is 5.99. The maximum absolute atomic E-state index is 7.53. The quantitative estimate of drug-likeness (QED) is 0.696. The predicted molar refractivity (Wildman–Crippen MR) is 82.5 cm³/mol. The molecule has 0 aromatic carbocycles. The molecule has 3 heterocycles. The Morgan fingerprint density at radius 1 is 1.40 bits per heavy atom. The summed E-state index contributed by atoms with van der Waals surface area (Å²) in [6, 6.07) is 3.66. The number of nitrogens with zero attached hydrogens (tertiary/aromatic N) is 2. The van der Waals surface area contributed by atoms with E-state index in [1.165, 1.54) is 0 Å². The third kappa shape index (κ3) is 3.88. The van der Waals surface area contributed by atoms with Gasteiger partial charge in [-0.25, -0.2) is 0 Å². The number of rotatable bonds is 0. The van der Waals surface area contributed by atoms with Gasteiger partial charge in [-0.3, -0.25) is 4.98 Å². The number of pyridine rings is 1. The van der Waals surface area contributed by atoms with Crippen molar-refractivity contribution in [2.45, 2.75) is 6.42 Å². The second-order valence-electron chi connectivity index (χ2n) is 4.36. The molecule has 3 rings (SSSR count). The molecule has 1 saturated heterocycles. The fourth-order valence-corrected chi connectivity index (χ4v) is 2.08. The van der Waals surface area contributed by atoms with Crippen LogP contribution in [-0.4, -0.2) is 53.6 Å². The lowest BCUT2D eigenvalue weighted by Crippen LogP contribution is -2.43. The lowest BCUT2D eigenvalue weighted by Gasteiger charge is -2.26. The van der Waals surface area contributed by atoms with E-state index in [2.05, 4.69) is 4.98 Å². The Morgan fingerprint density at radius 3 is 2.75 bits per heavy atom. The number of aromatic nitrogens is 1. The molecule has 0 radical (unpaired) electrons. The molecule has 1 aromatic heterocycles. The largest absolute Gasteiger partial charge is 0.491 e. The zero-order valence-corrected chi connectivity index (χ0v) is 12.0. The van der Waals surface area contributed by atoms with Crippen molar-refractivity contribution in [2.75, 3.05) is 32.9 Å². The monoisotopic (exact) mass is 296 g/mol. The van der Waals surface area contributed by atoms with Gasteiger partial charge in [0, 0.05) is 27.1 Å². The minimum absolute atomic E-state index is 0. The van der Waals surface area contributed by atoms with E-state index in [4.69, 9.17) is 32.8 Å². The number of hydrogen-bond donors (Lipinski definition) is 2. The number of nitrogens with one attached hydrogen (secondary N) is 1. The Bertz CT molecular complexity index is 495. The molecular weight excluding hydrogens is 276 g/mol. The Labute approximate surface area is 124 Å². The second kappa shape index (κ2) is 7.16. The molecule has 0 saturated carbocycles. The highest BCUT2D eigenvalue weighted by molar-refractivity contribution is 7.80. The first-order chi connectivity index (χ1) is 9.68. The zero-order chi connectivity index (χ0) is 14.4. The van der Waals surface area contributed by atoms with Crippen LogP contribution >= 0.6 is 12.2 Å². The maximum atomic E-state index is 7.53. The van der Waals surface area contributed by atoms with Crippen LogP contribution in [0.5, 0.6) is 5.75 Å². The van der Waals surface area contributed by atoms with Gasteiger partial charge in [0.25, 0.3) is 0 Å². The van der Waals surface area contributed by atoms with E-state index in [1.54, 1.807) is 6.20 Å². The third-order valence-electron chi connectivity index (χ3n) is 2.99. The van der Waals surface area contributed by atoms with Crippen molar-refractivity contribution in [3.63, 3.8) is 0 Å². The van der Waals surface area contributed by atoms with Crippen molar-refractivity contribution in [3.8, 4) is 5.75 Å². The molecule has 0 bridgehead atoms. The summed E-state index contributed by atoms with van der Waals surface area (Å²) >= 11 is 4.76. The highest BCUT2D eigenvalue weighted by Gasteiger charge is 2.15. The van der Waals surface area contributed by atoms with E-state index in [9.17, 15) is 0 Å². The lowest BCUT2D eigenvalue weighted by molar-refractivity contribution is 0.0686. The van der Waals surface area contributed by atoms with Crippen molar-refractivity contribution in [1.29, 1.82) is 5.41 Å². The van der Waals surface area contributed by atoms with Crippen LogP contribution < -0.4 is 10.5 Å². The van der Waals surface area contributed by atoms with Crippen LogP contribution in [-0.2, 0) is 4.74 Å². The molecular formula is C13H20N4O2S. The molecule has 0 amide bonds. The molecule has 1 fully saturated rings. The summed E-state index contributed by atoms with van der Waals surface area (Å²) in [7, 11) is 0. The summed E-state index contributed by atoms with van der Waals surface area (Å²) < 4.78 is 10.4. The SMILES string of the molecule is N=C1CCOc2cccnc21.NC(=S)N1CCOCC1.[HH]. The minimum Gasteiger partial charge on any atom is -0.491 e. The van der Waals surface area contributed by atoms with Gasteiger partial charge >= 0.3 is 0 Å². The van der Waals surface area contributed by atoms with Gasteiger partial charge in [-0.15, -0.1) is 0 Å². The number of thiocarbonyl (C=S) groups is 1. The predicted octanol–water partition coefficient (Wildman–Crippen LogP) is 1.04. The second-order valence-corrected chi connectivity index (χ2v) is 4.78. The van der Waals surface area contributed by atoms with E-state index >= 15 is 0 Å². The summed E-state index contributed by atoms with van der Waals surface area (Å²) in [5, 5.41) is 8.01. The minimum atomic E-state index is 0. The molecule has 0 spiro atoms. The molecule has 6 nitrogen and oxygen atoms in total. The Balaban J connectivity index is 0.000000205. The van der Waals surface area contributed by atoms with Crippen molar-refractivity contribution in [1.82, 2.24) is 9.88 Å². The number of fused-ring (bicyclic) bond motifs is 1. The molecule has 0 unspecified atom stereocenters. The van der Waals surface area contributed by atoms with Crippen LogP contribution in [0.3, 0.4) is 0 Å². The van der Waals surface area contributed by atoms with Gasteiger partial charge in [-0.05, 0) is 24.4 Å². The van der Waals surface area contributed by atoms with E-state index in [-0.39, 0.29) is 1.43 Å². The van der Waals surface area contributed by atoms with Gasteiger partial charge in [-0.2, -0.15) is 0 Å². The van der Waals surface area contributed by atoms with Gasteiger partial charge in [-0.1, -0.05) is 0 Å². The molecule has 2 aliphatic heterocycles. The average molecular weight is 296 g/mol. The molecule has 110 valence electrons. The van der Waals surface area contributed by atoms with Crippen LogP contribution in [0.15, 0.2) is 18.3 Å². The average Bonchev–Trinajstić information content (AvgIpc) is 2.49. The van der Waals surface area contributed by atoms with Crippen molar-refractivity contribution >= 4 is 23.0 Å². The fourth-order valence-electron chi connectivity index (χ4n) is 1.90. The van der Waals surface area contributed by atoms with Gasteiger partial charge in [0.2, 0.25) is 0 Å². The fraction of sp³-hybridized carbons (Fsp3) is 0.462. The number of hydrogen-bond acceptors (Lipinski definition) is 5. The van der Waals surface area contributed by atoms with Crippen molar-refractivity contribution < 1.29 is 10.9 Å². The first-order valence-electron chi connectivity index (χ1n) is 6.46. The highest BCUT2D eigenvalue weighted by atomic mass is 32.1. The first-order valence-corrected chi connectivity index (χ1v) is 6.87. The lowest BCUT2D eigenvalue weighted by atomic mass is 10.1. The van der Waals surface area contributed by atoms with Gasteiger partial charge in [0.05, 0.1) is 25.5 Å². The summed E-state index contributed by atoms with van der Waals surface area (Å²) in [5.41, 5.74) is 6.64. The standard InChI is InChI=1S/C8H8N2O.C5H10N2OS.H2/c9-6-3-5-11-7-2-1-4-10-8(6)7;6-5(9)7-1-3-8-4-2-7;/h1-2,4,9H,3,5H2;1-4H2,(H2,6,9);1H. The van der Waals surface area contributed by atoms with Crippen molar-refractivity contribution in [3.05, 3.63) is 24.0 Å². The first kappa shape index (κ1) is 14.7. The molecule has 0 aliphatic carbocycles. The summed E-state index contributed by atoms with van der Waals surface area (Å²) in [6.45, 7) is 3.79. The van der Waals surface area contributed by atoms with Crippen molar-refractivity contribution in [2.24, 2.45) is 5.73 Å². The van der Waals surface area contributed by atoms with Crippen LogP contribution in [0.4, 0.5) is 0 Å². The maximum Gasteiger partial charge on any atom is 0.166 e. The molecule has 1 aromatic rings. The molecule has 0 atom stereocenters. The molecule has 7 heteroatoms. The summed E-state index contributed by atoms with van der Waals surface area (Å²) in [6.07, 6.45) is 2.35. The van der Waals surface area contributed by atoms with E-state index in [0.29, 0.717) is 29.5 Å². The van der Waals surface area contributed by atoms with Crippen LogP contribution in [0, 0.1) is 5.41 Å². The molecule has 2 aliphatic rings. The normalized spacial score (nSPS) is 17.4. The summed E-state index contributed by atoms with van der Waals surface area (Å²) in [5.74, 6) is 0.740. The topological polar surface area (TPSA) is 84.5 Å². The number of ether oxygens (including phenoxy) is 2. The number of morpholine rings is 1. The Kier molecular flexibility index (Phi) is 5.25. The molecule has 20 heavy (non-hydrogen) atoms. The van der Waals surface area contributed by atoms with Gasteiger partial charge in [0.15, 0.2) is 5.11 Å². The van der Waals surface area contributed by atoms with Crippen LogP contribution in [0.1, 0.15) is 13.5 Å². The smallest absolute Gasteiger partial charge is 0.166 e. The zero-order valence-electron chi connectivity index (χ0n) is 11.2. The van der Waals surface area contributed by atoms with Gasteiger partial charge < -0.3 is 25.5 Å². The van der Waals surface area contributed by atoms with Crippen LogP contribution in [0.2, 0.25) is 0 Å². The number of nitrogens with two attached hydrogens (primary N) is 1. The van der Waals surface area contributed by atoms with E-state index in [0.717, 1.165) is 32.1 Å². The third-order valence-corrected chi connectivity index (χ3v) is 3.25. The van der Waals surface area contributed by atoms with Gasteiger partial charge in [0.1, 0.15) is 11.4 Å². The van der Waals surface area contributed by atoms with E-state index < -0.39 is 0 Å². The Hall–Kier alpha value is -1.73. The highest BCUT2D eigenvalue weighted by Crippen LogP contribution is 2.20.